The maximum Gasteiger partial charge on any atom is 0.309 e. The number of hydrogen-bond acceptors (Lipinski definition) is 16. The van der Waals surface area contributed by atoms with Gasteiger partial charge in [0.2, 0.25) is 0 Å². The highest BCUT2D eigenvalue weighted by Crippen LogP contribution is 2.44. The highest BCUT2D eigenvalue weighted by molar-refractivity contribution is 9.09. The minimum atomic E-state index is -2.24. The van der Waals surface area contributed by atoms with Gasteiger partial charge in [-0.2, -0.15) is 0 Å². The molecule has 1 N–H and O–H groups in total. The van der Waals surface area contributed by atoms with Crippen molar-refractivity contribution >= 4 is 108 Å². The maximum absolute atomic E-state index is 14.9. The van der Waals surface area contributed by atoms with Crippen molar-refractivity contribution in [3.8, 4) is 0 Å². The van der Waals surface area contributed by atoms with E-state index in [0.29, 0.717) is 19.3 Å². The maximum atomic E-state index is 14.9. The predicted molar refractivity (Wildman–Crippen MR) is 417 cm³/mol. The number of ketones is 2. The van der Waals surface area contributed by atoms with Crippen LogP contribution in [-0.2, 0) is 51.1 Å². The van der Waals surface area contributed by atoms with Crippen LogP contribution in [0.3, 0.4) is 0 Å². The second-order valence-electron chi connectivity index (χ2n) is 30.4. The molecule has 97 heavy (non-hydrogen) atoms. The lowest BCUT2D eigenvalue weighted by Gasteiger charge is -2.44. The summed E-state index contributed by atoms with van der Waals surface area (Å²) in [5.41, 5.74) is 1.66. The molecule has 14 atom stereocenters. The molecule has 556 valence electrons. The van der Waals surface area contributed by atoms with Crippen LogP contribution >= 0.6 is 38.6 Å². The average Bonchev–Trinajstić information content (AvgIpc) is 0.932. The van der Waals surface area contributed by atoms with Gasteiger partial charge in [-0.25, -0.2) is 9.97 Å². The Hall–Kier alpha value is -1.87. The van der Waals surface area contributed by atoms with Crippen LogP contribution in [0, 0.1) is 48.3 Å². The molecule has 0 saturated carbocycles. The molecule has 0 radical (unpaired) electrons. The monoisotopic (exact) mass is 1520 g/mol. The molecule has 3 aliphatic heterocycles. The average molecular weight is 1530 g/mol. The number of cyclic esters (lactones) is 2. The zero-order valence-electron chi connectivity index (χ0n) is 65.0. The number of fused-ring (bicyclic) bond motifs is 1. The SMILES string of the molecule is CC[Si](CC)(CC)O[C@H]1[C@@H](C)CCC[C@@H](O)[C@H](Br)C[C@@H](/C(C)=C/c2csc(C)n2)OC(=O)C[C@H](O[Si](CC)(CC)CC)C(C)(C)C(=O)[C@@H]1C.CC[Si](CC)(CC)O[C@H]1[C@@H](C)CCC[C@H]2OC2C[C@@H](/C(C)=C/c2csc(C)n2)OC(=O)C[C@H](O[Si](CC)(CC)CC)C(C)(C)C(=O)[C@@H]1C. The predicted octanol–water partition coefficient (Wildman–Crippen LogP) is 20.6. The number of rotatable bonds is 24. The number of aryl methyl sites for hydroxylation is 2. The number of halogens is 1. The summed E-state index contributed by atoms with van der Waals surface area (Å²) in [6, 6.07) is 11.7. The van der Waals surface area contributed by atoms with Crippen molar-refractivity contribution in [3.63, 3.8) is 0 Å². The Labute approximate surface area is 609 Å². The molecular weight excluding hydrogens is 1390 g/mol. The van der Waals surface area contributed by atoms with Crippen molar-refractivity contribution in [2.45, 2.75) is 363 Å². The molecule has 1 unspecified atom stereocenters. The fraction of sp³-hybridized carbons (Fsp3) is 0.816. The van der Waals surface area contributed by atoms with Gasteiger partial charge >= 0.3 is 11.9 Å². The van der Waals surface area contributed by atoms with Crippen LogP contribution in [0.5, 0.6) is 0 Å². The molecule has 5 rings (SSSR count). The molecule has 3 aliphatic rings. The first-order chi connectivity index (χ1) is 45.6. The Balaban J connectivity index is 0.000000412. The van der Waals surface area contributed by atoms with E-state index in [2.05, 4.69) is 130 Å². The van der Waals surface area contributed by atoms with Crippen LogP contribution in [-0.4, -0.2) is 132 Å². The minimum Gasteiger partial charge on any atom is -0.458 e. The molecule has 0 spiro atoms. The first-order valence-corrected chi connectivity index (χ1v) is 50.8. The van der Waals surface area contributed by atoms with E-state index in [9.17, 15) is 24.3 Å². The van der Waals surface area contributed by atoms with Crippen LogP contribution in [0.1, 0.15) is 238 Å². The minimum absolute atomic E-state index is 0.0199. The molecular formula is C76H135BrN2O12S2Si4. The van der Waals surface area contributed by atoms with E-state index in [1.54, 1.807) is 22.7 Å². The second kappa shape index (κ2) is 39.8. The molecule has 21 heteroatoms. The van der Waals surface area contributed by atoms with E-state index < -0.39 is 80.6 Å². The van der Waals surface area contributed by atoms with E-state index >= 15 is 0 Å². The van der Waals surface area contributed by atoms with Gasteiger partial charge in [-0.1, -0.05) is 167 Å². The summed E-state index contributed by atoms with van der Waals surface area (Å²) >= 11 is 6.95. The van der Waals surface area contributed by atoms with Gasteiger partial charge in [-0.15, -0.1) is 22.7 Å². The lowest BCUT2D eigenvalue weighted by Crippen LogP contribution is -2.53. The smallest absolute Gasteiger partial charge is 0.309 e. The number of esters is 2. The number of aliphatic hydroxyl groups is 1. The van der Waals surface area contributed by atoms with Crippen molar-refractivity contribution in [3.05, 3.63) is 43.3 Å². The van der Waals surface area contributed by atoms with Crippen LogP contribution in [0.4, 0.5) is 0 Å². The molecule has 0 aliphatic carbocycles. The fourth-order valence-electron chi connectivity index (χ4n) is 15.2. The third kappa shape index (κ3) is 24.1. The Morgan fingerprint density at radius 1 is 0.536 bits per heavy atom. The van der Waals surface area contributed by atoms with Gasteiger partial charge < -0.3 is 37.0 Å². The van der Waals surface area contributed by atoms with Gasteiger partial charge in [0.25, 0.3) is 0 Å². The summed E-state index contributed by atoms with van der Waals surface area (Å²) in [5, 5.41) is 17.3. The van der Waals surface area contributed by atoms with Gasteiger partial charge in [-0.3, -0.25) is 19.2 Å². The molecule has 0 amide bonds. The molecule has 5 heterocycles. The lowest BCUT2D eigenvalue weighted by atomic mass is 9.73. The largest absolute Gasteiger partial charge is 0.458 e. The Bertz CT molecular complexity index is 2780. The highest BCUT2D eigenvalue weighted by atomic mass is 79.9. The zero-order valence-corrected chi connectivity index (χ0v) is 72.2. The van der Waals surface area contributed by atoms with E-state index in [-0.39, 0.29) is 83.3 Å². The molecule has 3 fully saturated rings. The molecule has 14 nitrogen and oxygen atoms in total. The van der Waals surface area contributed by atoms with Crippen molar-refractivity contribution in [2.75, 3.05) is 0 Å². The summed E-state index contributed by atoms with van der Waals surface area (Å²) in [6.07, 6.45) is 7.19. The molecule has 0 bridgehead atoms. The summed E-state index contributed by atoms with van der Waals surface area (Å²) in [6.45, 7) is 51.0. The third-order valence-corrected chi connectivity index (χ3v) is 44.8. The lowest BCUT2D eigenvalue weighted by molar-refractivity contribution is -0.155. The zero-order chi connectivity index (χ0) is 73.0. The van der Waals surface area contributed by atoms with Gasteiger partial charge in [0.15, 0.2) is 33.3 Å². The molecule has 0 aromatic carbocycles. The van der Waals surface area contributed by atoms with Gasteiger partial charge in [0.05, 0.1) is 77.0 Å². The number of nitrogens with zero attached hydrogens (tertiary/aromatic N) is 2. The topological polar surface area (TPSA) is 182 Å². The van der Waals surface area contributed by atoms with Crippen LogP contribution in [0.25, 0.3) is 12.2 Å². The summed E-state index contributed by atoms with van der Waals surface area (Å²) in [4.78, 5) is 66.7. The summed E-state index contributed by atoms with van der Waals surface area (Å²) in [5.74, 6) is -0.879. The van der Waals surface area contributed by atoms with Crippen molar-refractivity contribution < 1.29 is 56.2 Å². The normalized spacial score (nSPS) is 29.3. The number of hydrogen-bond donors (Lipinski definition) is 1. The standard InChI is InChI=1S/C38H68BrNO6SSi2.C38H67NO6SSi2/c1-13-48(14-2,15-3)45-34-24-35(42)44-33(27(8)22-30-25-47-29(10)40-30)23-31(39)32(41)21-19-20-26(7)36(28(9)37(43)38(34,11)12)46-49(16-4,17-5)18-6;1-13-47(14-2,15-3)44-34-24-35(40)43-32(27(8)22-30-25-46-29(10)39-30)23-33-31(42-33)21-19-20-26(7)36(28(9)37(41)38(34,11)12)45-48(16-4,17-5)18-6/h22,25-26,28,31-34,36,41H,13-21,23-24H2,1-12H3;22,25-26,28,31-34,36H,13-21,23-24H2,1-12H3/b2*27-22+/t26-,28+,31+,32+,33-,34-,36-;26-,28+,31+,32-,33?,34-,36-/m00/s1. The van der Waals surface area contributed by atoms with E-state index in [0.717, 1.165) is 137 Å². The number of aliphatic hydroxyl groups excluding tert-OH is 1. The Morgan fingerprint density at radius 3 is 1.20 bits per heavy atom. The van der Waals surface area contributed by atoms with Crippen LogP contribution in [0.15, 0.2) is 21.9 Å². The molecule has 3 saturated heterocycles. The molecule has 2 aromatic rings. The Kier molecular flexibility index (Phi) is 36.0. The number of thiazole rings is 2. The number of Topliss-reactive ketones (excluding diaryl/α,β-unsaturated/α-hetero) is 2. The Morgan fingerprint density at radius 2 is 0.866 bits per heavy atom. The van der Waals surface area contributed by atoms with Crippen molar-refractivity contribution in [2.24, 2.45) is 34.5 Å². The van der Waals surface area contributed by atoms with E-state index in [4.69, 9.17) is 31.9 Å². The van der Waals surface area contributed by atoms with Crippen molar-refractivity contribution in [1.29, 1.82) is 0 Å². The van der Waals surface area contributed by atoms with Crippen LogP contribution in [0.2, 0.25) is 72.5 Å². The van der Waals surface area contributed by atoms with Crippen LogP contribution < -0.4 is 0 Å². The van der Waals surface area contributed by atoms with Crippen molar-refractivity contribution in [1.82, 2.24) is 9.97 Å². The highest BCUT2D eigenvalue weighted by Gasteiger charge is 2.51. The summed E-state index contributed by atoms with van der Waals surface area (Å²) in [7, 11) is -8.50. The first kappa shape index (κ1) is 87.5. The summed E-state index contributed by atoms with van der Waals surface area (Å²) < 4.78 is 47.4. The quantitative estimate of drug-likeness (QED) is 0.0453. The number of carbonyl (C=O) groups excluding carboxylic acids is 4. The van der Waals surface area contributed by atoms with Gasteiger partial charge in [0.1, 0.15) is 23.8 Å². The number of carbonyl (C=O) groups is 4. The first-order valence-electron chi connectivity index (χ1n) is 38.0. The number of aromatic nitrogens is 2. The fourth-order valence-corrected chi connectivity index (χ4v) is 28.9. The van der Waals surface area contributed by atoms with E-state index in [1.807, 2.05) is 85.2 Å². The number of alkyl halides is 1. The second-order valence-corrected chi connectivity index (χ2v) is 52.6. The number of epoxide rings is 1. The van der Waals surface area contributed by atoms with Gasteiger partial charge in [-0.05, 0) is 161 Å². The number of ether oxygens (including phenoxy) is 3. The molecule has 2 aromatic heterocycles. The third-order valence-electron chi connectivity index (χ3n) is 23.7. The van der Waals surface area contributed by atoms with E-state index in [1.165, 1.54) is 0 Å². The van der Waals surface area contributed by atoms with Gasteiger partial charge in [0, 0.05) is 51.1 Å².